The topological polar surface area (TPSA) is 46.8 Å². The fourth-order valence-corrected chi connectivity index (χ4v) is 3.05. The van der Waals surface area contributed by atoms with Crippen molar-refractivity contribution in [3.8, 4) is 5.75 Å². The number of benzene rings is 1. The molecule has 1 aliphatic heterocycles. The highest BCUT2D eigenvalue weighted by atomic mass is 35.5. The number of ether oxygens (including phenoxy) is 1. The first-order valence-corrected chi connectivity index (χ1v) is 7.25. The molecule has 0 radical (unpaired) electrons. The van der Waals surface area contributed by atoms with Gasteiger partial charge in [0.05, 0.1) is 18.7 Å². The number of amides is 1. The van der Waals surface area contributed by atoms with Gasteiger partial charge in [0.1, 0.15) is 11.3 Å². The molecular weight excluding hydrogens is 302 g/mol. The molecule has 22 heavy (non-hydrogen) atoms. The molecule has 112 valence electrons. The number of hydrogen-bond donors (Lipinski definition) is 0. The second kappa shape index (κ2) is 5.47. The van der Waals surface area contributed by atoms with Crippen LogP contribution in [0, 0.1) is 6.57 Å². The van der Waals surface area contributed by atoms with E-state index >= 15 is 0 Å². The molecule has 1 amide bonds. The third kappa shape index (κ3) is 2.26. The van der Waals surface area contributed by atoms with E-state index in [0.29, 0.717) is 46.9 Å². The van der Waals surface area contributed by atoms with Gasteiger partial charge in [0, 0.05) is 43.1 Å². The van der Waals surface area contributed by atoms with E-state index in [-0.39, 0.29) is 5.91 Å². The van der Waals surface area contributed by atoms with Crippen LogP contribution in [0.15, 0.2) is 12.1 Å². The molecule has 0 bridgehead atoms. The van der Waals surface area contributed by atoms with Gasteiger partial charge < -0.3 is 9.64 Å². The zero-order chi connectivity index (χ0) is 15.9. The Morgan fingerprint density at radius 2 is 2.27 bits per heavy atom. The molecule has 0 N–H and O–H groups in total. The molecule has 0 fully saturated rings. The van der Waals surface area contributed by atoms with Crippen LogP contribution in [0.25, 0.3) is 15.7 Å². The minimum absolute atomic E-state index is 0.0225. The van der Waals surface area contributed by atoms with E-state index in [1.165, 1.54) is 0 Å². The number of methoxy groups -OCH3 is 1. The largest absolute Gasteiger partial charge is 0.496 e. The average molecular weight is 316 g/mol. The molecular formula is C16H14ClN3O2. The smallest absolute Gasteiger partial charge is 0.219 e. The SMILES string of the molecule is [C-]#[N+]c1cc(OC)c2nc3c(c(Cl)c2c1)CN(C(C)=O)CC3. The van der Waals surface area contributed by atoms with Crippen molar-refractivity contribution in [2.24, 2.45) is 0 Å². The summed E-state index contributed by atoms with van der Waals surface area (Å²) in [5.74, 6) is 0.566. The Balaban J connectivity index is 2.25. The van der Waals surface area contributed by atoms with Crippen molar-refractivity contribution in [2.45, 2.75) is 19.9 Å². The van der Waals surface area contributed by atoms with Gasteiger partial charge in [-0.25, -0.2) is 9.83 Å². The lowest BCUT2D eigenvalue weighted by atomic mass is 10.0. The maximum absolute atomic E-state index is 11.6. The minimum atomic E-state index is 0.0225. The lowest BCUT2D eigenvalue weighted by Gasteiger charge is -2.28. The summed E-state index contributed by atoms with van der Waals surface area (Å²) < 4.78 is 5.35. The average Bonchev–Trinajstić information content (AvgIpc) is 2.54. The Morgan fingerprint density at radius 1 is 1.50 bits per heavy atom. The van der Waals surface area contributed by atoms with E-state index in [1.807, 2.05) is 0 Å². The van der Waals surface area contributed by atoms with Crippen molar-refractivity contribution in [1.29, 1.82) is 0 Å². The number of aromatic nitrogens is 1. The van der Waals surface area contributed by atoms with Crippen LogP contribution in [0.3, 0.4) is 0 Å². The third-order valence-electron chi connectivity index (χ3n) is 3.92. The highest BCUT2D eigenvalue weighted by Crippen LogP contribution is 2.38. The van der Waals surface area contributed by atoms with Gasteiger partial charge in [-0.2, -0.15) is 0 Å². The number of pyridine rings is 1. The van der Waals surface area contributed by atoms with Crippen LogP contribution >= 0.6 is 11.6 Å². The molecule has 0 saturated carbocycles. The molecule has 0 aliphatic carbocycles. The normalized spacial score (nSPS) is 13.6. The molecule has 0 spiro atoms. The molecule has 3 rings (SSSR count). The Bertz CT molecular complexity index is 826. The van der Waals surface area contributed by atoms with Gasteiger partial charge in [-0.05, 0) is 12.1 Å². The van der Waals surface area contributed by atoms with Crippen molar-refractivity contribution >= 4 is 34.1 Å². The van der Waals surface area contributed by atoms with Crippen molar-refractivity contribution in [2.75, 3.05) is 13.7 Å². The summed E-state index contributed by atoms with van der Waals surface area (Å²) in [7, 11) is 1.55. The molecule has 5 nitrogen and oxygen atoms in total. The number of nitrogens with zero attached hydrogens (tertiary/aromatic N) is 3. The molecule has 1 aliphatic rings. The Labute approximate surface area is 133 Å². The van der Waals surface area contributed by atoms with Crippen LogP contribution in [-0.2, 0) is 17.8 Å². The van der Waals surface area contributed by atoms with Crippen LogP contribution in [0.4, 0.5) is 5.69 Å². The first-order chi connectivity index (χ1) is 10.5. The van der Waals surface area contributed by atoms with Gasteiger partial charge >= 0.3 is 0 Å². The van der Waals surface area contributed by atoms with Gasteiger partial charge in [0.25, 0.3) is 0 Å². The predicted octanol–water partition coefficient (Wildman–Crippen LogP) is 3.35. The monoisotopic (exact) mass is 315 g/mol. The number of rotatable bonds is 1. The summed E-state index contributed by atoms with van der Waals surface area (Å²) in [6.07, 6.45) is 0.665. The molecule has 1 aromatic heterocycles. The van der Waals surface area contributed by atoms with Crippen LogP contribution in [0.2, 0.25) is 5.02 Å². The summed E-state index contributed by atoms with van der Waals surface area (Å²) in [4.78, 5) is 21.4. The second-order valence-corrected chi connectivity index (χ2v) is 5.58. The van der Waals surface area contributed by atoms with E-state index in [4.69, 9.17) is 22.9 Å². The first kappa shape index (κ1) is 14.6. The van der Waals surface area contributed by atoms with Gasteiger partial charge in [0.2, 0.25) is 5.91 Å². The fraction of sp³-hybridized carbons (Fsp3) is 0.312. The number of hydrogen-bond acceptors (Lipinski definition) is 3. The summed E-state index contributed by atoms with van der Waals surface area (Å²) in [6.45, 7) is 9.83. The van der Waals surface area contributed by atoms with E-state index in [0.717, 1.165) is 11.3 Å². The zero-order valence-corrected chi connectivity index (χ0v) is 13.1. The third-order valence-corrected chi connectivity index (χ3v) is 4.35. The number of carbonyl (C=O) groups is 1. The van der Waals surface area contributed by atoms with Crippen LogP contribution in [-0.4, -0.2) is 29.4 Å². The molecule has 0 saturated heterocycles. The van der Waals surface area contributed by atoms with Gasteiger partial charge in [-0.15, -0.1) is 0 Å². The highest BCUT2D eigenvalue weighted by Gasteiger charge is 2.24. The summed E-state index contributed by atoms with van der Waals surface area (Å²) in [5, 5.41) is 1.24. The van der Waals surface area contributed by atoms with E-state index in [2.05, 4.69) is 9.83 Å². The zero-order valence-electron chi connectivity index (χ0n) is 12.3. The Hall–Kier alpha value is -2.32. The maximum atomic E-state index is 11.6. The van der Waals surface area contributed by atoms with Crippen molar-refractivity contribution in [3.63, 3.8) is 0 Å². The van der Waals surface area contributed by atoms with Crippen LogP contribution in [0.1, 0.15) is 18.2 Å². The minimum Gasteiger partial charge on any atom is -0.496 e. The van der Waals surface area contributed by atoms with E-state index < -0.39 is 0 Å². The Morgan fingerprint density at radius 3 is 2.91 bits per heavy atom. The van der Waals surface area contributed by atoms with Crippen molar-refractivity contribution < 1.29 is 9.53 Å². The Kier molecular flexibility index (Phi) is 3.63. The number of fused-ring (bicyclic) bond motifs is 2. The molecule has 0 unspecified atom stereocenters. The first-order valence-electron chi connectivity index (χ1n) is 6.87. The van der Waals surface area contributed by atoms with Gasteiger partial charge in [-0.1, -0.05) is 11.6 Å². The summed E-state index contributed by atoms with van der Waals surface area (Å²) in [6, 6.07) is 3.38. The highest BCUT2D eigenvalue weighted by molar-refractivity contribution is 6.36. The van der Waals surface area contributed by atoms with Gasteiger partial charge in [-0.3, -0.25) is 4.79 Å². The van der Waals surface area contributed by atoms with E-state index in [1.54, 1.807) is 31.1 Å². The lowest BCUT2D eigenvalue weighted by Crippen LogP contribution is -2.34. The molecule has 0 atom stereocenters. The van der Waals surface area contributed by atoms with Crippen molar-refractivity contribution in [3.05, 3.63) is 39.8 Å². The molecule has 2 heterocycles. The quantitative estimate of drug-likeness (QED) is 0.758. The maximum Gasteiger partial charge on any atom is 0.219 e. The van der Waals surface area contributed by atoms with E-state index in [9.17, 15) is 4.79 Å². The molecule has 1 aromatic carbocycles. The van der Waals surface area contributed by atoms with Crippen molar-refractivity contribution in [1.82, 2.24) is 9.88 Å². The standard InChI is InChI=1S/C16H14ClN3O2/c1-9(21)20-5-4-13-12(8-20)15(17)11-6-10(18-2)7-14(22-3)16(11)19-13/h6-7H,4-5,8H2,1,3H3. The van der Waals surface area contributed by atoms with Crippen LogP contribution in [0.5, 0.6) is 5.75 Å². The number of halogens is 1. The van der Waals surface area contributed by atoms with Gasteiger partial charge in [0.15, 0.2) is 5.69 Å². The molecule has 6 heteroatoms. The fourth-order valence-electron chi connectivity index (χ4n) is 2.73. The molecule has 2 aromatic rings. The van der Waals surface area contributed by atoms with Crippen LogP contribution < -0.4 is 4.74 Å². The number of carbonyl (C=O) groups excluding carboxylic acids is 1. The summed E-state index contributed by atoms with van der Waals surface area (Å²) >= 11 is 6.55. The second-order valence-electron chi connectivity index (χ2n) is 5.20. The summed E-state index contributed by atoms with van der Waals surface area (Å²) in [5.41, 5.74) is 2.87. The predicted molar refractivity (Wildman–Crippen MR) is 84.4 cm³/mol. The lowest BCUT2D eigenvalue weighted by molar-refractivity contribution is -0.129.